The van der Waals surface area contributed by atoms with Gasteiger partial charge in [0.05, 0.1) is 0 Å². The van der Waals surface area contributed by atoms with Gasteiger partial charge in [-0.1, -0.05) is 59.6 Å². The van der Waals surface area contributed by atoms with Crippen molar-refractivity contribution in [1.82, 2.24) is 10.2 Å². The number of amides is 1. The number of carbonyl (C=O) groups is 1. The number of benzene rings is 2. The summed E-state index contributed by atoms with van der Waals surface area (Å²) in [5.74, 6) is 0.365. The van der Waals surface area contributed by atoms with E-state index in [9.17, 15) is 4.79 Å². The van der Waals surface area contributed by atoms with Gasteiger partial charge in [-0.3, -0.25) is 9.69 Å². The first kappa shape index (κ1) is 19.9. The quantitative estimate of drug-likeness (QED) is 0.707. The SMILES string of the molecule is Cc1ccc(CN2CCC(C(=O)NCCCc3ccccc3Cl)CC2)cc1. The number of halogens is 1. The molecule has 1 N–H and O–H groups in total. The van der Waals surface area contributed by atoms with Crippen molar-refractivity contribution in [2.45, 2.75) is 39.2 Å². The van der Waals surface area contributed by atoms with E-state index in [4.69, 9.17) is 11.6 Å². The van der Waals surface area contributed by atoms with E-state index in [1.165, 1.54) is 11.1 Å². The van der Waals surface area contributed by atoms with Crippen molar-refractivity contribution in [2.24, 2.45) is 5.92 Å². The monoisotopic (exact) mass is 384 g/mol. The summed E-state index contributed by atoms with van der Waals surface area (Å²) in [6, 6.07) is 16.6. The average molecular weight is 385 g/mol. The summed E-state index contributed by atoms with van der Waals surface area (Å²) >= 11 is 6.17. The average Bonchev–Trinajstić information content (AvgIpc) is 2.69. The number of likely N-dealkylation sites (tertiary alicyclic amines) is 1. The molecule has 0 radical (unpaired) electrons. The molecular weight excluding hydrogens is 356 g/mol. The molecule has 0 unspecified atom stereocenters. The Kier molecular flexibility index (Phi) is 7.31. The molecule has 3 nitrogen and oxygen atoms in total. The first-order valence-corrected chi connectivity index (χ1v) is 10.3. The van der Waals surface area contributed by atoms with Crippen molar-refractivity contribution in [1.29, 1.82) is 0 Å². The third-order valence-electron chi connectivity index (χ3n) is 5.37. The Morgan fingerprint density at radius 1 is 1.11 bits per heavy atom. The highest BCUT2D eigenvalue weighted by atomic mass is 35.5. The van der Waals surface area contributed by atoms with Crippen LogP contribution in [-0.4, -0.2) is 30.4 Å². The predicted molar refractivity (Wildman–Crippen MR) is 112 cm³/mol. The number of carbonyl (C=O) groups excluding carboxylic acids is 1. The van der Waals surface area contributed by atoms with Gasteiger partial charge in [-0.25, -0.2) is 0 Å². The summed E-state index contributed by atoms with van der Waals surface area (Å²) in [6.07, 6.45) is 3.71. The highest BCUT2D eigenvalue weighted by molar-refractivity contribution is 6.31. The van der Waals surface area contributed by atoms with Gasteiger partial charge in [0, 0.05) is 24.0 Å². The molecule has 0 spiro atoms. The summed E-state index contributed by atoms with van der Waals surface area (Å²) < 4.78 is 0. The highest BCUT2D eigenvalue weighted by Crippen LogP contribution is 2.20. The first-order chi connectivity index (χ1) is 13.1. The van der Waals surface area contributed by atoms with Gasteiger partial charge in [-0.15, -0.1) is 0 Å². The molecular formula is C23H29ClN2O. The number of hydrogen-bond acceptors (Lipinski definition) is 2. The maximum atomic E-state index is 12.4. The summed E-state index contributed by atoms with van der Waals surface area (Å²) in [4.78, 5) is 14.9. The number of nitrogens with one attached hydrogen (secondary N) is 1. The van der Waals surface area contributed by atoms with Gasteiger partial charge in [0.25, 0.3) is 0 Å². The topological polar surface area (TPSA) is 32.3 Å². The van der Waals surface area contributed by atoms with Crippen molar-refractivity contribution in [3.8, 4) is 0 Å². The zero-order valence-corrected chi connectivity index (χ0v) is 16.8. The van der Waals surface area contributed by atoms with Crippen LogP contribution in [0.3, 0.4) is 0 Å². The van der Waals surface area contributed by atoms with E-state index in [-0.39, 0.29) is 11.8 Å². The van der Waals surface area contributed by atoms with Crippen LogP contribution in [0.2, 0.25) is 5.02 Å². The largest absolute Gasteiger partial charge is 0.356 e. The second kappa shape index (κ2) is 9.91. The van der Waals surface area contributed by atoms with E-state index < -0.39 is 0 Å². The summed E-state index contributed by atoms with van der Waals surface area (Å²) in [7, 11) is 0. The van der Waals surface area contributed by atoms with Crippen molar-refractivity contribution in [3.05, 3.63) is 70.2 Å². The fraction of sp³-hybridized carbons (Fsp3) is 0.435. The number of aryl methyl sites for hydroxylation is 2. The van der Waals surface area contributed by atoms with Gasteiger partial charge >= 0.3 is 0 Å². The fourth-order valence-corrected chi connectivity index (χ4v) is 3.87. The molecule has 144 valence electrons. The van der Waals surface area contributed by atoms with Crippen molar-refractivity contribution in [2.75, 3.05) is 19.6 Å². The molecule has 0 bridgehead atoms. The van der Waals surface area contributed by atoms with E-state index in [1.807, 2.05) is 24.3 Å². The Morgan fingerprint density at radius 2 is 1.81 bits per heavy atom. The van der Waals surface area contributed by atoms with Gasteiger partial charge < -0.3 is 5.32 Å². The smallest absolute Gasteiger partial charge is 0.223 e. The zero-order valence-electron chi connectivity index (χ0n) is 16.1. The molecule has 3 rings (SSSR count). The Bertz CT molecular complexity index is 736. The van der Waals surface area contributed by atoms with Crippen LogP contribution >= 0.6 is 11.6 Å². The lowest BCUT2D eigenvalue weighted by Crippen LogP contribution is -2.40. The minimum absolute atomic E-state index is 0.152. The Hall–Kier alpha value is -1.84. The summed E-state index contributed by atoms with van der Waals surface area (Å²) in [6.45, 7) is 5.79. The van der Waals surface area contributed by atoms with Crippen LogP contribution < -0.4 is 5.32 Å². The normalized spacial score (nSPS) is 15.6. The third kappa shape index (κ3) is 6.08. The Morgan fingerprint density at radius 3 is 2.52 bits per heavy atom. The summed E-state index contributed by atoms with van der Waals surface area (Å²) in [5, 5.41) is 3.92. The number of rotatable bonds is 7. The molecule has 0 aromatic heterocycles. The lowest BCUT2D eigenvalue weighted by Gasteiger charge is -2.31. The highest BCUT2D eigenvalue weighted by Gasteiger charge is 2.24. The second-order valence-electron chi connectivity index (χ2n) is 7.52. The molecule has 1 aliphatic rings. The van der Waals surface area contributed by atoms with Crippen LogP contribution in [0.4, 0.5) is 0 Å². The molecule has 1 fully saturated rings. The van der Waals surface area contributed by atoms with Crippen LogP contribution in [0.25, 0.3) is 0 Å². The minimum atomic E-state index is 0.152. The third-order valence-corrected chi connectivity index (χ3v) is 5.73. The summed E-state index contributed by atoms with van der Waals surface area (Å²) in [5.41, 5.74) is 3.80. The van der Waals surface area contributed by atoms with Crippen molar-refractivity contribution >= 4 is 17.5 Å². The predicted octanol–water partition coefficient (Wildman–Crippen LogP) is 4.61. The minimum Gasteiger partial charge on any atom is -0.356 e. The number of nitrogens with zero attached hydrogens (tertiary/aromatic N) is 1. The molecule has 1 saturated heterocycles. The standard InChI is InChI=1S/C23H29ClN2O/c1-18-8-10-19(11-9-18)17-26-15-12-21(13-16-26)23(27)25-14-4-6-20-5-2-3-7-22(20)24/h2-3,5,7-11,21H,4,6,12-17H2,1H3,(H,25,27). The van der Waals surface area contributed by atoms with Crippen LogP contribution in [0, 0.1) is 12.8 Å². The molecule has 1 heterocycles. The molecule has 2 aromatic rings. The molecule has 0 aliphatic carbocycles. The van der Waals surface area contributed by atoms with Crippen LogP contribution in [0.5, 0.6) is 0 Å². The van der Waals surface area contributed by atoms with Crippen molar-refractivity contribution < 1.29 is 4.79 Å². The maximum Gasteiger partial charge on any atom is 0.223 e. The van der Waals surface area contributed by atoms with Gasteiger partial charge in [0.1, 0.15) is 0 Å². The van der Waals surface area contributed by atoms with E-state index in [2.05, 4.69) is 41.4 Å². The Balaban J connectivity index is 1.34. The molecule has 2 aromatic carbocycles. The molecule has 27 heavy (non-hydrogen) atoms. The molecule has 4 heteroatoms. The molecule has 0 atom stereocenters. The van der Waals surface area contributed by atoms with Crippen molar-refractivity contribution in [3.63, 3.8) is 0 Å². The molecule has 1 aliphatic heterocycles. The first-order valence-electron chi connectivity index (χ1n) is 9.91. The van der Waals surface area contributed by atoms with Gasteiger partial charge in [-0.05, 0) is 62.9 Å². The van der Waals surface area contributed by atoms with Gasteiger partial charge in [0.2, 0.25) is 5.91 Å². The lowest BCUT2D eigenvalue weighted by atomic mass is 9.95. The number of hydrogen-bond donors (Lipinski definition) is 1. The van der Waals surface area contributed by atoms with Gasteiger partial charge in [-0.2, -0.15) is 0 Å². The van der Waals surface area contributed by atoms with Crippen LogP contribution in [0.1, 0.15) is 36.0 Å². The van der Waals surface area contributed by atoms with E-state index >= 15 is 0 Å². The fourth-order valence-electron chi connectivity index (χ4n) is 3.64. The molecule has 1 amide bonds. The molecule has 0 saturated carbocycles. The van der Waals surface area contributed by atoms with E-state index in [1.54, 1.807) is 0 Å². The zero-order chi connectivity index (χ0) is 19.1. The van der Waals surface area contributed by atoms with E-state index in [0.29, 0.717) is 6.54 Å². The lowest BCUT2D eigenvalue weighted by molar-refractivity contribution is -0.126. The van der Waals surface area contributed by atoms with Gasteiger partial charge in [0.15, 0.2) is 0 Å². The number of piperidine rings is 1. The van der Waals surface area contributed by atoms with Crippen LogP contribution in [-0.2, 0) is 17.8 Å². The second-order valence-corrected chi connectivity index (χ2v) is 7.93. The Labute approximate surface area is 167 Å². The van der Waals surface area contributed by atoms with Crippen LogP contribution in [0.15, 0.2) is 48.5 Å². The maximum absolute atomic E-state index is 12.4. The van der Waals surface area contributed by atoms with E-state index in [0.717, 1.165) is 55.9 Å².